The Bertz CT molecular complexity index is 609. The average Bonchev–Trinajstić information content (AvgIpc) is 2.91. The van der Waals surface area contributed by atoms with Crippen LogP contribution in [0.4, 0.5) is 0 Å². The van der Waals surface area contributed by atoms with Gasteiger partial charge in [-0.05, 0) is 13.0 Å². The van der Waals surface area contributed by atoms with Crippen molar-refractivity contribution in [2.24, 2.45) is 7.05 Å². The first-order valence-corrected chi connectivity index (χ1v) is 6.51. The summed E-state index contributed by atoms with van der Waals surface area (Å²) in [6.45, 7) is 1.85. The highest BCUT2D eigenvalue weighted by Crippen LogP contribution is 2.28. The molecule has 2 heterocycles. The van der Waals surface area contributed by atoms with E-state index in [1.165, 1.54) is 23.3 Å². The van der Waals surface area contributed by atoms with E-state index in [9.17, 15) is 9.59 Å². The third-order valence-electron chi connectivity index (χ3n) is 2.85. The summed E-state index contributed by atoms with van der Waals surface area (Å²) in [7, 11) is 4.72. The zero-order valence-corrected chi connectivity index (χ0v) is 12.1. The molecule has 0 saturated carbocycles. The van der Waals surface area contributed by atoms with E-state index in [0.29, 0.717) is 4.88 Å². The van der Waals surface area contributed by atoms with Crippen LogP contribution in [-0.2, 0) is 16.6 Å². The minimum Gasteiger partial charge on any atom is -0.468 e. The van der Waals surface area contributed by atoms with Crippen LogP contribution < -0.4 is 0 Å². The number of nitrogens with zero attached hydrogens (tertiary/aromatic N) is 3. The molecule has 6 nitrogen and oxygen atoms in total. The van der Waals surface area contributed by atoms with Gasteiger partial charge >= 0.3 is 5.97 Å². The van der Waals surface area contributed by atoms with Gasteiger partial charge in [-0.2, -0.15) is 5.10 Å². The minimum absolute atomic E-state index is 0.0548. The molecule has 0 saturated heterocycles. The van der Waals surface area contributed by atoms with E-state index in [1.54, 1.807) is 11.7 Å². The summed E-state index contributed by atoms with van der Waals surface area (Å²) >= 11 is 1.37. The van der Waals surface area contributed by atoms with Crippen LogP contribution in [0, 0.1) is 6.92 Å². The van der Waals surface area contributed by atoms with Crippen LogP contribution in [0.25, 0.3) is 10.2 Å². The molecule has 0 radical (unpaired) electrons. The molecule has 0 aliphatic carbocycles. The largest absolute Gasteiger partial charge is 0.468 e. The third kappa shape index (κ3) is 2.46. The number of methoxy groups -OCH3 is 1. The number of ether oxygens (including phenoxy) is 1. The van der Waals surface area contributed by atoms with Gasteiger partial charge in [0.25, 0.3) is 5.91 Å². The van der Waals surface area contributed by atoms with Crippen molar-refractivity contribution < 1.29 is 14.3 Å². The minimum atomic E-state index is -0.435. The van der Waals surface area contributed by atoms with E-state index in [0.717, 1.165) is 15.9 Å². The predicted molar refractivity (Wildman–Crippen MR) is 72.3 cm³/mol. The van der Waals surface area contributed by atoms with Crippen molar-refractivity contribution in [1.82, 2.24) is 14.7 Å². The molecule has 102 valence electrons. The fraction of sp³-hybridized carbons (Fsp3) is 0.417. The Labute approximate surface area is 114 Å². The number of aryl methyl sites for hydroxylation is 2. The molecule has 2 aromatic rings. The Balaban J connectivity index is 2.26. The normalized spacial score (nSPS) is 10.7. The quantitative estimate of drug-likeness (QED) is 0.793. The zero-order chi connectivity index (χ0) is 14.2. The van der Waals surface area contributed by atoms with E-state index in [4.69, 9.17) is 0 Å². The van der Waals surface area contributed by atoms with Crippen LogP contribution in [0.3, 0.4) is 0 Å². The highest BCUT2D eigenvalue weighted by Gasteiger charge is 2.19. The van der Waals surface area contributed by atoms with Crippen LogP contribution in [0.15, 0.2) is 6.07 Å². The van der Waals surface area contributed by atoms with Crippen LogP contribution in [-0.4, -0.2) is 47.3 Å². The van der Waals surface area contributed by atoms with Gasteiger partial charge in [-0.3, -0.25) is 14.3 Å². The van der Waals surface area contributed by atoms with Crippen molar-refractivity contribution in [3.05, 3.63) is 16.6 Å². The predicted octanol–water partition coefficient (Wildman–Crippen LogP) is 1.19. The molecule has 19 heavy (non-hydrogen) atoms. The Morgan fingerprint density at radius 2 is 2.21 bits per heavy atom. The smallest absolute Gasteiger partial charge is 0.325 e. The SMILES string of the molecule is COC(=O)CN(C)C(=O)c1cc2c(C)nn(C)c2s1. The number of thiophene rings is 1. The molecule has 2 rings (SSSR count). The fourth-order valence-corrected chi connectivity index (χ4v) is 2.95. The number of hydrogen-bond acceptors (Lipinski definition) is 5. The van der Waals surface area contributed by atoms with E-state index in [1.807, 2.05) is 20.0 Å². The maximum atomic E-state index is 12.2. The van der Waals surface area contributed by atoms with E-state index < -0.39 is 5.97 Å². The summed E-state index contributed by atoms with van der Waals surface area (Å²) < 4.78 is 6.30. The maximum absolute atomic E-state index is 12.2. The molecule has 0 unspecified atom stereocenters. The van der Waals surface area contributed by atoms with E-state index in [2.05, 4.69) is 9.84 Å². The van der Waals surface area contributed by atoms with Crippen molar-refractivity contribution in [3.63, 3.8) is 0 Å². The lowest BCUT2D eigenvalue weighted by Gasteiger charge is -2.14. The molecule has 0 aromatic carbocycles. The lowest BCUT2D eigenvalue weighted by molar-refractivity contribution is -0.141. The molecule has 1 amide bonds. The molecular weight excluding hydrogens is 266 g/mol. The van der Waals surface area contributed by atoms with Gasteiger partial charge in [-0.15, -0.1) is 11.3 Å². The maximum Gasteiger partial charge on any atom is 0.325 e. The average molecular weight is 281 g/mol. The molecule has 7 heteroatoms. The van der Waals surface area contributed by atoms with Gasteiger partial charge < -0.3 is 9.64 Å². The van der Waals surface area contributed by atoms with Crippen LogP contribution >= 0.6 is 11.3 Å². The van der Waals surface area contributed by atoms with Gasteiger partial charge in [0.1, 0.15) is 11.4 Å². The van der Waals surface area contributed by atoms with Crippen LogP contribution in [0.5, 0.6) is 0 Å². The van der Waals surface area contributed by atoms with Gasteiger partial charge in [0, 0.05) is 19.5 Å². The molecule has 0 fully saturated rings. The van der Waals surface area contributed by atoms with Gasteiger partial charge in [0.2, 0.25) is 0 Å². The molecule has 2 aromatic heterocycles. The van der Waals surface area contributed by atoms with Gasteiger partial charge in [-0.25, -0.2) is 0 Å². The summed E-state index contributed by atoms with van der Waals surface area (Å²) in [6.07, 6.45) is 0. The van der Waals surface area contributed by atoms with E-state index in [-0.39, 0.29) is 12.5 Å². The monoisotopic (exact) mass is 281 g/mol. The van der Waals surface area contributed by atoms with Gasteiger partial charge in [-0.1, -0.05) is 0 Å². The molecule has 0 atom stereocenters. The summed E-state index contributed by atoms with van der Waals surface area (Å²) in [5.41, 5.74) is 0.892. The van der Waals surface area contributed by atoms with Crippen molar-refractivity contribution in [3.8, 4) is 0 Å². The molecule has 0 aliphatic rings. The number of esters is 1. The molecule has 0 aliphatic heterocycles. The van der Waals surface area contributed by atoms with Gasteiger partial charge in [0.05, 0.1) is 17.7 Å². The van der Waals surface area contributed by atoms with Crippen molar-refractivity contribution in [2.45, 2.75) is 6.92 Å². The second-order valence-electron chi connectivity index (χ2n) is 4.28. The summed E-state index contributed by atoms with van der Waals surface area (Å²) in [6, 6.07) is 1.82. The molecule has 0 spiro atoms. The van der Waals surface area contributed by atoms with Gasteiger partial charge in [0.15, 0.2) is 0 Å². The number of hydrogen-bond donors (Lipinski definition) is 0. The summed E-state index contributed by atoms with van der Waals surface area (Å²) in [4.78, 5) is 26.2. The first-order chi connectivity index (χ1) is 8.93. The first-order valence-electron chi connectivity index (χ1n) is 5.69. The Morgan fingerprint density at radius 3 is 2.79 bits per heavy atom. The Hall–Kier alpha value is -1.89. The highest BCUT2D eigenvalue weighted by molar-refractivity contribution is 7.20. The number of carbonyl (C=O) groups excluding carboxylic acids is 2. The fourth-order valence-electron chi connectivity index (χ4n) is 1.83. The molecular formula is C12H15N3O3S. The van der Waals surface area contributed by atoms with Crippen molar-refractivity contribution in [2.75, 3.05) is 20.7 Å². The van der Waals surface area contributed by atoms with Crippen LogP contribution in [0.2, 0.25) is 0 Å². The number of likely N-dealkylation sites (N-methyl/N-ethyl adjacent to an activating group) is 1. The second-order valence-corrected chi connectivity index (χ2v) is 5.31. The lowest BCUT2D eigenvalue weighted by Crippen LogP contribution is -2.32. The summed E-state index contributed by atoms with van der Waals surface area (Å²) in [5, 5.41) is 5.26. The number of rotatable bonds is 3. The standard InChI is InChI=1S/C12H15N3O3S/c1-7-8-5-9(19-12(8)15(3)13-7)11(17)14(2)6-10(16)18-4/h5H,6H2,1-4H3. The number of fused-ring (bicyclic) bond motifs is 1. The number of amides is 1. The zero-order valence-electron chi connectivity index (χ0n) is 11.3. The topological polar surface area (TPSA) is 64.4 Å². The Kier molecular flexibility index (Phi) is 3.57. The highest BCUT2D eigenvalue weighted by atomic mass is 32.1. The third-order valence-corrected chi connectivity index (χ3v) is 4.04. The first kappa shape index (κ1) is 13.5. The Morgan fingerprint density at radius 1 is 1.53 bits per heavy atom. The number of aromatic nitrogens is 2. The lowest BCUT2D eigenvalue weighted by atomic mass is 10.3. The second kappa shape index (κ2) is 5.00. The molecule has 0 N–H and O–H groups in total. The van der Waals surface area contributed by atoms with E-state index >= 15 is 0 Å². The van der Waals surface area contributed by atoms with Crippen LogP contribution in [0.1, 0.15) is 15.4 Å². The van der Waals surface area contributed by atoms with Crippen molar-refractivity contribution in [1.29, 1.82) is 0 Å². The van der Waals surface area contributed by atoms with Crippen molar-refractivity contribution >= 4 is 33.4 Å². The number of carbonyl (C=O) groups is 2. The molecule has 0 bridgehead atoms. The summed E-state index contributed by atoms with van der Waals surface area (Å²) in [5.74, 6) is -0.624.